The number of fused-ring (bicyclic) bond motifs is 3. The van der Waals surface area contributed by atoms with E-state index in [2.05, 4.69) is 240 Å². The number of para-hydroxylation sites is 3. The predicted octanol–water partition coefficient (Wildman–Crippen LogP) is 14.9. The van der Waals surface area contributed by atoms with Gasteiger partial charge in [0.1, 0.15) is 0 Å². The summed E-state index contributed by atoms with van der Waals surface area (Å²) in [5.41, 5.74) is 16.3. The van der Waals surface area contributed by atoms with Crippen molar-refractivity contribution in [2.75, 3.05) is 4.90 Å². The number of nitrogens with zero attached hydrogens (tertiary/aromatic N) is 2. The zero-order valence-corrected chi connectivity index (χ0v) is 30.8. The Kier molecular flexibility index (Phi) is 8.55. The molecule has 0 saturated carbocycles. The molecule has 0 aliphatic rings. The van der Waals surface area contributed by atoms with E-state index in [1.807, 2.05) is 0 Å². The van der Waals surface area contributed by atoms with E-state index in [9.17, 15) is 0 Å². The molecular weight excluding hydrogens is 677 g/mol. The second-order valence-electron chi connectivity index (χ2n) is 14.1. The minimum Gasteiger partial charge on any atom is -0.310 e. The second-order valence-corrected chi connectivity index (χ2v) is 14.1. The maximum atomic E-state index is 2.46. The molecule has 0 unspecified atom stereocenters. The zero-order valence-electron chi connectivity index (χ0n) is 30.8. The van der Waals surface area contributed by atoms with Crippen molar-refractivity contribution in [3.63, 3.8) is 0 Å². The Hall–Kier alpha value is -7.42. The lowest BCUT2D eigenvalue weighted by Crippen LogP contribution is -2.11. The summed E-state index contributed by atoms with van der Waals surface area (Å²) in [5, 5.41) is 2.50. The van der Waals surface area contributed by atoms with Gasteiger partial charge in [-0.15, -0.1) is 0 Å². The molecule has 0 fully saturated rings. The van der Waals surface area contributed by atoms with Crippen LogP contribution in [0.1, 0.15) is 0 Å². The molecule has 1 heterocycles. The van der Waals surface area contributed by atoms with Crippen molar-refractivity contribution in [1.29, 1.82) is 0 Å². The van der Waals surface area contributed by atoms with Crippen LogP contribution in [0.5, 0.6) is 0 Å². The highest BCUT2D eigenvalue weighted by Crippen LogP contribution is 2.45. The molecule has 10 aromatic rings. The molecule has 2 nitrogen and oxygen atoms in total. The Balaban J connectivity index is 1.17. The third kappa shape index (κ3) is 5.95. The standard InChI is InChI=1S/C54H38N2/c1-4-17-39(18-5-1)41-31-35-44(36-32-41)55(45-37-33-42(34-38-45)40-19-6-2-7-20-40)50-27-13-10-23-47(50)48-24-11-14-28-51(48)56-52-29-15-12-25-49(52)54-46(26-16-30-53(54)56)43-21-8-3-9-22-43/h1-38H. The Morgan fingerprint density at radius 1 is 0.286 bits per heavy atom. The summed E-state index contributed by atoms with van der Waals surface area (Å²) in [6, 6.07) is 83.0. The fourth-order valence-electron chi connectivity index (χ4n) is 8.22. The average Bonchev–Trinajstić information content (AvgIpc) is 3.62. The van der Waals surface area contributed by atoms with E-state index in [0.29, 0.717) is 0 Å². The van der Waals surface area contributed by atoms with E-state index >= 15 is 0 Å². The fourth-order valence-corrected chi connectivity index (χ4v) is 8.22. The van der Waals surface area contributed by atoms with Crippen molar-refractivity contribution < 1.29 is 0 Å². The van der Waals surface area contributed by atoms with Gasteiger partial charge in [0.15, 0.2) is 0 Å². The lowest BCUT2D eigenvalue weighted by atomic mass is 9.98. The van der Waals surface area contributed by atoms with Gasteiger partial charge in [0.25, 0.3) is 0 Å². The second kappa shape index (κ2) is 14.4. The average molecular weight is 715 g/mol. The smallest absolute Gasteiger partial charge is 0.0547 e. The third-order valence-electron chi connectivity index (χ3n) is 10.8. The van der Waals surface area contributed by atoms with E-state index in [1.54, 1.807) is 0 Å². The Morgan fingerprint density at radius 2 is 0.732 bits per heavy atom. The van der Waals surface area contributed by atoms with E-state index in [0.717, 1.165) is 33.9 Å². The van der Waals surface area contributed by atoms with Gasteiger partial charge in [-0.25, -0.2) is 0 Å². The van der Waals surface area contributed by atoms with Gasteiger partial charge >= 0.3 is 0 Å². The van der Waals surface area contributed by atoms with Crippen LogP contribution in [0.3, 0.4) is 0 Å². The summed E-state index contributed by atoms with van der Waals surface area (Å²) in [6.45, 7) is 0. The van der Waals surface area contributed by atoms with Gasteiger partial charge in [-0.2, -0.15) is 0 Å². The van der Waals surface area contributed by atoms with E-state index < -0.39 is 0 Å². The summed E-state index contributed by atoms with van der Waals surface area (Å²) in [5.74, 6) is 0. The molecule has 0 amide bonds. The summed E-state index contributed by atoms with van der Waals surface area (Å²) >= 11 is 0. The van der Waals surface area contributed by atoms with Gasteiger partial charge in [-0.1, -0.05) is 182 Å². The largest absolute Gasteiger partial charge is 0.310 e. The fraction of sp³-hybridized carbons (Fsp3) is 0. The maximum Gasteiger partial charge on any atom is 0.0547 e. The molecule has 0 aliphatic carbocycles. The quantitative estimate of drug-likeness (QED) is 0.152. The maximum absolute atomic E-state index is 2.46. The topological polar surface area (TPSA) is 8.17 Å². The molecule has 0 saturated heterocycles. The molecule has 2 heteroatoms. The van der Waals surface area contributed by atoms with Crippen molar-refractivity contribution in [1.82, 2.24) is 4.57 Å². The number of hydrogen-bond donors (Lipinski definition) is 0. The molecule has 0 spiro atoms. The minimum absolute atomic E-state index is 1.09. The molecular formula is C54H38N2. The van der Waals surface area contributed by atoms with E-state index in [4.69, 9.17) is 0 Å². The van der Waals surface area contributed by atoms with Crippen molar-refractivity contribution in [2.45, 2.75) is 0 Å². The van der Waals surface area contributed by atoms with Gasteiger partial charge < -0.3 is 9.47 Å². The number of hydrogen-bond acceptors (Lipinski definition) is 1. The highest BCUT2D eigenvalue weighted by molar-refractivity contribution is 6.16. The van der Waals surface area contributed by atoms with Crippen LogP contribution in [0, 0.1) is 0 Å². The van der Waals surface area contributed by atoms with Crippen LogP contribution in [0.4, 0.5) is 17.1 Å². The summed E-state index contributed by atoms with van der Waals surface area (Å²) in [6.07, 6.45) is 0. The predicted molar refractivity (Wildman–Crippen MR) is 237 cm³/mol. The summed E-state index contributed by atoms with van der Waals surface area (Å²) in [7, 11) is 0. The number of rotatable bonds is 8. The number of aromatic nitrogens is 1. The Bertz CT molecular complexity index is 2840. The van der Waals surface area contributed by atoms with Gasteiger partial charge in [0, 0.05) is 33.3 Å². The van der Waals surface area contributed by atoms with Crippen LogP contribution in [0.2, 0.25) is 0 Å². The highest BCUT2D eigenvalue weighted by atomic mass is 15.1. The highest BCUT2D eigenvalue weighted by Gasteiger charge is 2.22. The zero-order chi connectivity index (χ0) is 37.3. The number of benzene rings is 9. The molecule has 9 aromatic carbocycles. The lowest BCUT2D eigenvalue weighted by Gasteiger charge is -2.29. The van der Waals surface area contributed by atoms with Gasteiger partial charge in [-0.3, -0.25) is 0 Å². The van der Waals surface area contributed by atoms with Crippen molar-refractivity contribution >= 4 is 38.9 Å². The third-order valence-corrected chi connectivity index (χ3v) is 10.8. The van der Waals surface area contributed by atoms with Gasteiger partial charge in [0.05, 0.1) is 22.4 Å². The van der Waals surface area contributed by atoms with Crippen molar-refractivity contribution in [2.24, 2.45) is 0 Å². The molecule has 1 aromatic heterocycles. The molecule has 0 N–H and O–H groups in total. The van der Waals surface area contributed by atoms with Crippen LogP contribution in [0.15, 0.2) is 231 Å². The van der Waals surface area contributed by atoms with Crippen molar-refractivity contribution in [3.8, 4) is 50.2 Å². The van der Waals surface area contributed by atoms with Crippen molar-refractivity contribution in [3.05, 3.63) is 231 Å². The Labute approximate surface area is 327 Å². The molecule has 0 atom stereocenters. The molecule has 264 valence electrons. The van der Waals surface area contributed by atoms with Crippen LogP contribution in [0.25, 0.3) is 72.0 Å². The summed E-state index contributed by atoms with van der Waals surface area (Å²) < 4.78 is 2.46. The first-order valence-electron chi connectivity index (χ1n) is 19.2. The van der Waals surface area contributed by atoms with Crippen LogP contribution in [-0.2, 0) is 0 Å². The van der Waals surface area contributed by atoms with Crippen LogP contribution >= 0.6 is 0 Å². The van der Waals surface area contributed by atoms with E-state index in [-0.39, 0.29) is 0 Å². The first kappa shape index (κ1) is 33.2. The normalized spacial score (nSPS) is 11.2. The monoisotopic (exact) mass is 714 g/mol. The van der Waals surface area contributed by atoms with Gasteiger partial charge in [-0.05, 0) is 81.9 Å². The van der Waals surface area contributed by atoms with Gasteiger partial charge in [0.2, 0.25) is 0 Å². The SMILES string of the molecule is c1ccc(-c2ccc(N(c3ccc(-c4ccccc4)cc3)c3ccccc3-c3ccccc3-n3c4ccccc4c4c(-c5ccccc5)cccc43)cc2)cc1. The first-order valence-corrected chi connectivity index (χ1v) is 19.2. The Morgan fingerprint density at radius 3 is 1.36 bits per heavy atom. The first-order chi connectivity index (χ1) is 27.8. The lowest BCUT2D eigenvalue weighted by molar-refractivity contribution is 1.18. The minimum atomic E-state index is 1.09. The molecule has 10 rings (SSSR count). The number of anilines is 3. The molecule has 56 heavy (non-hydrogen) atoms. The summed E-state index contributed by atoms with van der Waals surface area (Å²) in [4.78, 5) is 2.40. The van der Waals surface area contributed by atoms with E-state index in [1.165, 1.54) is 55.2 Å². The van der Waals surface area contributed by atoms with Crippen LogP contribution in [-0.4, -0.2) is 4.57 Å². The molecule has 0 aliphatic heterocycles. The molecule has 0 radical (unpaired) electrons. The molecule has 0 bridgehead atoms. The van der Waals surface area contributed by atoms with Crippen LogP contribution < -0.4 is 4.90 Å².